The maximum absolute atomic E-state index is 5.20. The van der Waals surface area contributed by atoms with Gasteiger partial charge >= 0.3 is 0 Å². The summed E-state index contributed by atoms with van der Waals surface area (Å²) in [5.74, 6) is 2.66. The Morgan fingerprint density at radius 2 is 2.06 bits per heavy atom. The minimum absolute atomic E-state index is 0.894. The van der Waals surface area contributed by atoms with E-state index in [0.717, 1.165) is 32.4 Å². The molecule has 0 spiro atoms. The van der Waals surface area contributed by atoms with Crippen molar-refractivity contribution in [1.82, 2.24) is 5.32 Å². The molecule has 0 unspecified atom stereocenters. The summed E-state index contributed by atoms with van der Waals surface area (Å²) in [6.07, 6.45) is 8.38. The maximum atomic E-state index is 5.20. The molecule has 0 saturated heterocycles. The van der Waals surface area contributed by atoms with Crippen molar-refractivity contribution in [2.45, 2.75) is 39.7 Å². The van der Waals surface area contributed by atoms with Gasteiger partial charge in [-0.3, -0.25) is 0 Å². The quantitative estimate of drug-likeness (QED) is 0.567. The van der Waals surface area contributed by atoms with Gasteiger partial charge in [0.05, 0.1) is 0 Å². The fraction of sp³-hybridized carbons (Fsp3) is 0.467. The van der Waals surface area contributed by atoms with Crippen molar-refractivity contribution in [2.24, 2.45) is 0 Å². The molecular formula is C15H21N. The second kappa shape index (κ2) is 7.09. The van der Waals surface area contributed by atoms with E-state index < -0.39 is 0 Å². The molecule has 0 fully saturated rings. The second-order valence-corrected chi connectivity index (χ2v) is 4.27. The van der Waals surface area contributed by atoms with E-state index >= 15 is 0 Å². The van der Waals surface area contributed by atoms with Crippen LogP contribution in [0.1, 0.15) is 36.0 Å². The van der Waals surface area contributed by atoms with Crippen LogP contribution in [-0.4, -0.2) is 6.54 Å². The van der Waals surface area contributed by atoms with E-state index in [1.165, 1.54) is 16.7 Å². The van der Waals surface area contributed by atoms with Crippen LogP contribution in [0.5, 0.6) is 0 Å². The summed E-state index contributed by atoms with van der Waals surface area (Å²) in [5, 5.41) is 3.45. The zero-order chi connectivity index (χ0) is 11.8. The molecule has 0 amide bonds. The van der Waals surface area contributed by atoms with Crippen LogP contribution in [-0.2, 0) is 6.54 Å². The van der Waals surface area contributed by atoms with Gasteiger partial charge in [0.1, 0.15) is 0 Å². The van der Waals surface area contributed by atoms with Crippen LogP contribution < -0.4 is 5.32 Å². The van der Waals surface area contributed by atoms with Crippen LogP contribution in [0.3, 0.4) is 0 Å². The molecule has 0 aliphatic heterocycles. The number of terminal acetylenes is 1. The van der Waals surface area contributed by atoms with Crippen molar-refractivity contribution in [2.75, 3.05) is 6.54 Å². The highest BCUT2D eigenvalue weighted by Crippen LogP contribution is 2.09. The Morgan fingerprint density at radius 3 is 2.75 bits per heavy atom. The third-order valence-corrected chi connectivity index (χ3v) is 2.74. The van der Waals surface area contributed by atoms with E-state index in [1.54, 1.807) is 0 Å². The first-order valence-electron chi connectivity index (χ1n) is 5.94. The average molecular weight is 215 g/mol. The monoisotopic (exact) mass is 215 g/mol. The van der Waals surface area contributed by atoms with Crippen molar-refractivity contribution in [3.05, 3.63) is 34.9 Å². The molecule has 1 aromatic carbocycles. The van der Waals surface area contributed by atoms with Crippen LogP contribution >= 0.6 is 0 Å². The lowest BCUT2D eigenvalue weighted by molar-refractivity contribution is 0.628. The molecule has 1 heteroatoms. The molecule has 0 aliphatic carbocycles. The van der Waals surface area contributed by atoms with Gasteiger partial charge in [0, 0.05) is 13.0 Å². The molecule has 1 aromatic rings. The lowest BCUT2D eigenvalue weighted by atomic mass is 10.1. The van der Waals surface area contributed by atoms with Crippen molar-refractivity contribution in [1.29, 1.82) is 0 Å². The smallest absolute Gasteiger partial charge is 0.0208 e. The molecule has 1 nitrogen and oxygen atoms in total. The number of hydrogen-bond donors (Lipinski definition) is 1. The molecule has 16 heavy (non-hydrogen) atoms. The van der Waals surface area contributed by atoms with Crippen molar-refractivity contribution in [3.63, 3.8) is 0 Å². The van der Waals surface area contributed by atoms with Crippen LogP contribution in [0.2, 0.25) is 0 Å². The first kappa shape index (κ1) is 12.8. The molecule has 0 aromatic heterocycles. The first-order chi connectivity index (χ1) is 7.74. The van der Waals surface area contributed by atoms with E-state index in [1.807, 2.05) is 0 Å². The van der Waals surface area contributed by atoms with E-state index in [-0.39, 0.29) is 0 Å². The van der Waals surface area contributed by atoms with Gasteiger partial charge in [-0.1, -0.05) is 23.8 Å². The highest BCUT2D eigenvalue weighted by atomic mass is 14.8. The van der Waals surface area contributed by atoms with Gasteiger partial charge < -0.3 is 5.32 Å². The lowest BCUT2D eigenvalue weighted by Crippen LogP contribution is -2.15. The number of nitrogens with one attached hydrogen (secondary N) is 1. The van der Waals surface area contributed by atoms with E-state index in [0.29, 0.717) is 0 Å². The van der Waals surface area contributed by atoms with Crippen LogP contribution in [0.25, 0.3) is 0 Å². The summed E-state index contributed by atoms with van der Waals surface area (Å²) in [6.45, 7) is 6.31. The summed E-state index contributed by atoms with van der Waals surface area (Å²) in [6, 6.07) is 6.61. The minimum Gasteiger partial charge on any atom is -0.313 e. The Morgan fingerprint density at radius 1 is 1.25 bits per heavy atom. The standard InChI is InChI=1S/C15H21N/c1-4-5-6-7-10-16-12-15-9-8-13(2)11-14(15)3/h1,8-9,11,16H,5-7,10,12H2,2-3H3. The minimum atomic E-state index is 0.894. The van der Waals surface area contributed by atoms with Gasteiger partial charge in [0.25, 0.3) is 0 Å². The van der Waals surface area contributed by atoms with Crippen molar-refractivity contribution < 1.29 is 0 Å². The maximum Gasteiger partial charge on any atom is 0.0208 e. The first-order valence-corrected chi connectivity index (χ1v) is 5.94. The zero-order valence-corrected chi connectivity index (χ0v) is 10.3. The molecule has 1 N–H and O–H groups in total. The number of hydrogen-bond acceptors (Lipinski definition) is 1. The molecular weight excluding hydrogens is 194 g/mol. The highest BCUT2D eigenvalue weighted by molar-refractivity contribution is 5.30. The lowest BCUT2D eigenvalue weighted by Gasteiger charge is -2.08. The third-order valence-electron chi connectivity index (χ3n) is 2.74. The van der Waals surface area contributed by atoms with Crippen molar-refractivity contribution >= 4 is 0 Å². The number of aryl methyl sites for hydroxylation is 2. The van der Waals surface area contributed by atoms with E-state index in [4.69, 9.17) is 6.42 Å². The van der Waals surface area contributed by atoms with Gasteiger partial charge in [-0.05, 0) is 44.4 Å². The Labute approximate surface area is 99.3 Å². The molecule has 1 rings (SSSR count). The van der Waals surface area contributed by atoms with Gasteiger partial charge in [-0.2, -0.15) is 0 Å². The largest absolute Gasteiger partial charge is 0.313 e. The van der Waals surface area contributed by atoms with Gasteiger partial charge in [-0.15, -0.1) is 12.3 Å². The molecule has 0 heterocycles. The van der Waals surface area contributed by atoms with Crippen LogP contribution in [0, 0.1) is 26.2 Å². The summed E-state index contributed by atoms with van der Waals surface area (Å²) >= 11 is 0. The predicted octanol–water partition coefficient (Wildman–Crippen LogP) is 3.20. The zero-order valence-electron chi connectivity index (χ0n) is 10.3. The fourth-order valence-electron chi connectivity index (χ4n) is 1.74. The van der Waals surface area contributed by atoms with Crippen LogP contribution in [0.4, 0.5) is 0 Å². The normalized spacial score (nSPS) is 10.1. The molecule has 0 aliphatic rings. The Hall–Kier alpha value is -1.26. The molecule has 0 bridgehead atoms. The summed E-state index contributed by atoms with van der Waals surface area (Å²) in [4.78, 5) is 0. The summed E-state index contributed by atoms with van der Waals surface area (Å²) in [7, 11) is 0. The Kier molecular flexibility index (Phi) is 5.67. The van der Waals surface area contributed by atoms with Gasteiger partial charge in [0.15, 0.2) is 0 Å². The predicted molar refractivity (Wildman–Crippen MR) is 70.3 cm³/mol. The molecule has 0 radical (unpaired) electrons. The SMILES string of the molecule is C#CCCCCNCc1ccc(C)cc1C. The topological polar surface area (TPSA) is 12.0 Å². The van der Waals surface area contributed by atoms with Gasteiger partial charge in [0.2, 0.25) is 0 Å². The molecule has 86 valence electrons. The number of benzene rings is 1. The molecule has 0 saturated carbocycles. The Bertz CT molecular complexity index is 360. The van der Waals surface area contributed by atoms with E-state index in [9.17, 15) is 0 Å². The number of rotatable bonds is 6. The summed E-state index contributed by atoms with van der Waals surface area (Å²) in [5.41, 5.74) is 4.09. The Balaban J connectivity index is 2.25. The van der Waals surface area contributed by atoms with E-state index in [2.05, 4.69) is 43.3 Å². The number of unbranched alkanes of at least 4 members (excludes halogenated alkanes) is 2. The van der Waals surface area contributed by atoms with Gasteiger partial charge in [-0.25, -0.2) is 0 Å². The summed E-state index contributed by atoms with van der Waals surface area (Å²) < 4.78 is 0. The average Bonchev–Trinajstić information content (AvgIpc) is 2.26. The van der Waals surface area contributed by atoms with Crippen LogP contribution in [0.15, 0.2) is 18.2 Å². The highest BCUT2D eigenvalue weighted by Gasteiger charge is 1.97. The third kappa shape index (κ3) is 4.51. The van der Waals surface area contributed by atoms with Crippen molar-refractivity contribution in [3.8, 4) is 12.3 Å². The second-order valence-electron chi connectivity index (χ2n) is 4.27. The molecule has 0 atom stereocenters. The fourth-order valence-corrected chi connectivity index (χ4v) is 1.74.